The van der Waals surface area contributed by atoms with E-state index in [-0.39, 0.29) is 5.82 Å². The first-order valence-corrected chi connectivity index (χ1v) is 4.28. The van der Waals surface area contributed by atoms with E-state index in [1.54, 1.807) is 12.1 Å². The fraction of sp³-hybridized carbons (Fsp3) is 0.182. The van der Waals surface area contributed by atoms with Crippen molar-refractivity contribution in [3.63, 3.8) is 0 Å². The predicted molar refractivity (Wildman–Crippen MR) is 54.1 cm³/mol. The Hall–Kier alpha value is -1.66. The molecule has 0 bridgehead atoms. The molecular weight excluding hydrogens is 179 g/mol. The molecule has 0 saturated heterocycles. The molecule has 1 aromatic carbocycles. The zero-order chi connectivity index (χ0) is 10.4. The molecule has 0 aliphatic rings. The van der Waals surface area contributed by atoms with E-state index >= 15 is 0 Å². The lowest BCUT2D eigenvalue weighted by Gasteiger charge is -1.95. The summed E-state index contributed by atoms with van der Waals surface area (Å²) >= 11 is 0. The van der Waals surface area contributed by atoms with Gasteiger partial charge in [-0.25, -0.2) is 4.39 Å². The topological polar surface area (TPSA) is 35.8 Å². The van der Waals surface area contributed by atoms with Crippen molar-refractivity contribution in [2.24, 2.45) is 0 Å². The normalized spacial score (nSPS) is 10.4. The molecular formula is C11H11FN2. The minimum atomic E-state index is -0.381. The van der Waals surface area contributed by atoms with Gasteiger partial charge in [-0.05, 0) is 30.8 Å². The molecule has 1 aromatic rings. The molecule has 0 unspecified atom stereocenters. The fourth-order valence-electron chi connectivity index (χ4n) is 1.09. The molecule has 0 atom stereocenters. The Morgan fingerprint density at radius 2 is 2.29 bits per heavy atom. The van der Waals surface area contributed by atoms with Gasteiger partial charge in [0.25, 0.3) is 0 Å². The van der Waals surface area contributed by atoms with Crippen LogP contribution in [0.15, 0.2) is 24.3 Å². The quantitative estimate of drug-likeness (QED) is 0.790. The van der Waals surface area contributed by atoms with E-state index in [2.05, 4.69) is 5.32 Å². The Bertz CT molecular complexity index is 377. The van der Waals surface area contributed by atoms with Gasteiger partial charge in [-0.15, -0.1) is 0 Å². The Morgan fingerprint density at radius 1 is 1.50 bits per heavy atom. The number of hydrogen-bond donors (Lipinski definition) is 1. The van der Waals surface area contributed by atoms with Crippen LogP contribution in [0.1, 0.15) is 11.1 Å². The molecule has 72 valence electrons. The first kappa shape index (κ1) is 10.4. The van der Waals surface area contributed by atoms with Crippen LogP contribution in [0.25, 0.3) is 6.08 Å². The second kappa shape index (κ2) is 5.15. The van der Waals surface area contributed by atoms with Crippen LogP contribution in [0.2, 0.25) is 0 Å². The molecule has 14 heavy (non-hydrogen) atoms. The predicted octanol–water partition coefficient (Wildman–Crippen LogP) is 1.93. The van der Waals surface area contributed by atoms with Gasteiger partial charge in [0.1, 0.15) is 5.82 Å². The molecule has 0 aliphatic heterocycles. The molecule has 3 heteroatoms. The molecule has 1 N–H and O–H groups in total. The number of likely N-dealkylation sites (N-methyl/N-ethyl adjacent to an activating group) is 1. The van der Waals surface area contributed by atoms with Crippen LogP contribution >= 0.6 is 0 Å². The standard InChI is InChI=1S/C11H11FN2/c1-14-4-2-3-9-5-10(8-13)7-11(12)6-9/h2-3,5-7,14H,4H2,1H3. The average molecular weight is 190 g/mol. The molecule has 0 radical (unpaired) electrons. The number of nitrogens with one attached hydrogen (secondary N) is 1. The van der Waals surface area contributed by atoms with Crippen molar-refractivity contribution in [1.82, 2.24) is 5.32 Å². The molecule has 2 nitrogen and oxygen atoms in total. The Kier molecular flexibility index (Phi) is 3.84. The van der Waals surface area contributed by atoms with Gasteiger partial charge in [0.15, 0.2) is 0 Å². The number of halogens is 1. The van der Waals surface area contributed by atoms with Gasteiger partial charge in [0, 0.05) is 6.54 Å². The second-order valence-electron chi connectivity index (χ2n) is 2.85. The maximum absolute atomic E-state index is 12.9. The molecule has 0 fully saturated rings. The highest BCUT2D eigenvalue weighted by Crippen LogP contribution is 2.09. The summed E-state index contributed by atoms with van der Waals surface area (Å²) in [6.45, 7) is 0.721. The van der Waals surface area contributed by atoms with Crippen LogP contribution in [-0.4, -0.2) is 13.6 Å². The number of hydrogen-bond acceptors (Lipinski definition) is 2. The van der Waals surface area contributed by atoms with Crippen molar-refractivity contribution in [1.29, 1.82) is 5.26 Å². The summed E-state index contributed by atoms with van der Waals surface area (Å²) in [5.74, 6) is -0.381. The molecule has 0 heterocycles. The summed E-state index contributed by atoms with van der Waals surface area (Å²) in [7, 11) is 1.83. The van der Waals surface area contributed by atoms with Crippen LogP contribution in [-0.2, 0) is 0 Å². The highest BCUT2D eigenvalue weighted by molar-refractivity contribution is 5.52. The first-order valence-electron chi connectivity index (χ1n) is 4.28. The third kappa shape index (κ3) is 3.00. The Labute approximate surface area is 82.7 Å². The zero-order valence-electron chi connectivity index (χ0n) is 7.92. The smallest absolute Gasteiger partial charge is 0.125 e. The van der Waals surface area contributed by atoms with E-state index in [9.17, 15) is 4.39 Å². The summed E-state index contributed by atoms with van der Waals surface area (Å²) in [5.41, 5.74) is 1.05. The van der Waals surface area contributed by atoms with Crippen molar-refractivity contribution in [2.75, 3.05) is 13.6 Å². The van der Waals surface area contributed by atoms with Crippen LogP contribution in [0, 0.1) is 17.1 Å². The van der Waals surface area contributed by atoms with Gasteiger partial charge in [0.2, 0.25) is 0 Å². The van der Waals surface area contributed by atoms with Crippen molar-refractivity contribution < 1.29 is 4.39 Å². The van der Waals surface area contributed by atoms with Crippen LogP contribution in [0.5, 0.6) is 0 Å². The average Bonchev–Trinajstić information content (AvgIpc) is 2.17. The largest absolute Gasteiger partial charge is 0.316 e. The van der Waals surface area contributed by atoms with Crippen LogP contribution in [0.4, 0.5) is 4.39 Å². The molecule has 0 aliphatic carbocycles. The van der Waals surface area contributed by atoms with Gasteiger partial charge in [-0.1, -0.05) is 12.2 Å². The lowest BCUT2D eigenvalue weighted by atomic mass is 10.1. The van der Waals surface area contributed by atoms with E-state index in [4.69, 9.17) is 5.26 Å². The lowest BCUT2D eigenvalue weighted by Crippen LogP contribution is -2.03. The third-order valence-electron chi connectivity index (χ3n) is 1.68. The van der Waals surface area contributed by atoms with Crippen molar-refractivity contribution in [2.45, 2.75) is 0 Å². The van der Waals surface area contributed by atoms with E-state index in [0.29, 0.717) is 11.1 Å². The van der Waals surface area contributed by atoms with E-state index in [1.807, 2.05) is 19.2 Å². The van der Waals surface area contributed by atoms with Crippen molar-refractivity contribution in [3.05, 3.63) is 41.2 Å². The van der Waals surface area contributed by atoms with Gasteiger partial charge in [0.05, 0.1) is 11.6 Å². The Balaban J connectivity index is 2.88. The summed E-state index contributed by atoms with van der Waals surface area (Å²) in [6, 6.07) is 6.17. The minimum Gasteiger partial charge on any atom is -0.316 e. The maximum atomic E-state index is 12.9. The molecule has 0 aromatic heterocycles. The highest BCUT2D eigenvalue weighted by atomic mass is 19.1. The summed E-state index contributed by atoms with van der Waals surface area (Å²) < 4.78 is 12.9. The number of nitrogens with zero attached hydrogens (tertiary/aromatic N) is 1. The van der Waals surface area contributed by atoms with E-state index in [1.165, 1.54) is 12.1 Å². The van der Waals surface area contributed by atoms with Gasteiger partial charge in [-0.3, -0.25) is 0 Å². The van der Waals surface area contributed by atoms with Crippen LogP contribution < -0.4 is 5.32 Å². The molecule has 1 rings (SSSR count). The van der Waals surface area contributed by atoms with Gasteiger partial charge >= 0.3 is 0 Å². The van der Waals surface area contributed by atoms with Crippen molar-refractivity contribution in [3.8, 4) is 6.07 Å². The molecule has 0 saturated carbocycles. The molecule has 0 amide bonds. The summed E-state index contributed by atoms with van der Waals surface area (Å²) in [4.78, 5) is 0. The zero-order valence-corrected chi connectivity index (χ0v) is 7.92. The van der Waals surface area contributed by atoms with E-state index in [0.717, 1.165) is 6.54 Å². The second-order valence-corrected chi connectivity index (χ2v) is 2.85. The number of nitriles is 1. The van der Waals surface area contributed by atoms with Gasteiger partial charge in [-0.2, -0.15) is 5.26 Å². The van der Waals surface area contributed by atoms with Crippen molar-refractivity contribution >= 4 is 6.08 Å². The Morgan fingerprint density at radius 3 is 2.93 bits per heavy atom. The lowest BCUT2D eigenvalue weighted by molar-refractivity contribution is 0.627. The summed E-state index contributed by atoms with van der Waals surface area (Å²) in [5, 5.41) is 11.5. The summed E-state index contributed by atoms with van der Waals surface area (Å²) in [6.07, 6.45) is 3.65. The minimum absolute atomic E-state index is 0.342. The number of benzene rings is 1. The fourth-order valence-corrected chi connectivity index (χ4v) is 1.09. The monoisotopic (exact) mass is 190 g/mol. The molecule has 0 spiro atoms. The SMILES string of the molecule is CNCC=Cc1cc(F)cc(C#N)c1. The third-order valence-corrected chi connectivity index (χ3v) is 1.68. The first-order chi connectivity index (χ1) is 6.76. The van der Waals surface area contributed by atoms with E-state index < -0.39 is 0 Å². The highest BCUT2D eigenvalue weighted by Gasteiger charge is 1.96. The number of rotatable bonds is 3. The van der Waals surface area contributed by atoms with Gasteiger partial charge < -0.3 is 5.32 Å². The van der Waals surface area contributed by atoms with Crippen LogP contribution in [0.3, 0.4) is 0 Å². The maximum Gasteiger partial charge on any atom is 0.125 e.